The van der Waals surface area contributed by atoms with E-state index in [1.165, 1.54) is 36.4 Å². The van der Waals surface area contributed by atoms with Crippen LogP contribution in [0, 0.1) is 0 Å². The Balaban J connectivity index is 2.88. The Hall–Kier alpha value is -2.51. The van der Waals surface area contributed by atoms with Crippen molar-refractivity contribution in [1.29, 1.82) is 0 Å². The molecule has 0 aromatic carbocycles. The fourth-order valence-corrected chi connectivity index (χ4v) is 2.14. The van der Waals surface area contributed by atoms with Crippen molar-refractivity contribution in [1.82, 2.24) is 18.7 Å². The van der Waals surface area contributed by atoms with Gasteiger partial charge < -0.3 is 4.57 Å². The average molecular weight is 292 g/mol. The first-order valence-electron chi connectivity index (χ1n) is 6.42. The molecule has 2 heterocycles. The molecule has 2 aromatic heterocycles. The molecule has 21 heavy (non-hydrogen) atoms. The predicted octanol–water partition coefficient (Wildman–Crippen LogP) is -0.364. The van der Waals surface area contributed by atoms with Gasteiger partial charge in [-0.3, -0.25) is 23.5 Å². The quantitative estimate of drug-likeness (QED) is 0.766. The highest BCUT2D eigenvalue weighted by atomic mass is 16.2. The molecule has 112 valence electrons. The van der Waals surface area contributed by atoms with Crippen molar-refractivity contribution >= 4 is 22.7 Å². The van der Waals surface area contributed by atoms with Gasteiger partial charge in [-0.25, -0.2) is 9.78 Å². The van der Waals surface area contributed by atoms with Crippen LogP contribution in [0.15, 0.2) is 15.9 Å². The number of rotatable bonds is 4. The number of carbonyl (C=O) groups excluding carboxylic acids is 2. The Bertz CT molecular complexity index is 855. The Kier molecular flexibility index (Phi) is 3.63. The van der Waals surface area contributed by atoms with E-state index >= 15 is 0 Å². The van der Waals surface area contributed by atoms with E-state index in [2.05, 4.69) is 4.98 Å². The zero-order chi connectivity index (χ0) is 15.9. The van der Waals surface area contributed by atoms with Crippen LogP contribution in [0.3, 0.4) is 0 Å². The molecule has 0 saturated heterocycles. The third kappa shape index (κ3) is 2.32. The smallest absolute Gasteiger partial charge is 0.314 e. The predicted molar refractivity (Wildman–Crippen MR) is 75.3 cm³/mol. The van der Waals surface area contributed by atoms with Crippen LogP contribution in [0.2, 0.25) is 0 Å². The third-order valence-electron chi connectivity index (χ3n) is 3.44. The zero-order valence-electron chi connectivity index (χ0n) is 12.3. The van der Waals surface area contributed by atoms with E-state index in [0.717, 1.165) is 4.57 Å². The van der Waals surface area contributed by atoms with Crippen LogP contribution < -0.4 is 11.2 Å². The standard InChI is InChI=1S/C13H16N4O4/c1-7(18)5-16-12(20)10-11(15(4)13(16)21)14-6-17(10)8(2)9(3)19/h6,8H,5H2,1-4H3/t8-/m0/s1. The van der Waals surface area contributed by atoms with Crippen LogP contribution in [-0.2, 0) is 23.2 Å². The Morgan fingerprint density at radius 2 is 1.90 bits per heavy atom. The van der Waals surface area contributed by atoms with Gasteiger partial charge >= 0.3 is 5.69 Å². The molecule has 0 aliphatic heterocycles. The lowest BCUT2D eigenvalue weighted by Crippen LogP contribution is -2.41. The van der Waals surface area contributed by atoms with Crippen LogP contribution in [0.5, 0.6) is 0 Å². The number of aromatic nitrogens is 4. The zero-order valence-corrected chi connectivity index (χ0v) is 12.3. The molecule has 0 bridgehead atoms. The molecule has 0 radical (unpaired) electrons. The molecule has 0 aliphatic carbocycles. The largest absolute Gasteiger partial charge is 0.332 e. The van der Waals surface area contributed by atoms with Gasteiger partial charge in [0.15, 0.2) is 16.9 Å². The van der Waals surface area contributed by atoms with Crippen molar-refractivity contribution < 1.29 is 9.59 Å². The van der Waals surface area contributed by atoms with Gasteiger partial charge in [-0.05, 0) is 20.8 Å². The molecule has 0 fully saturated rings. The maximum atomic E-state index is 12.5. The summed E-state index contributed by atoms with van der Waals surface area (Å²) in [5, 5.41) is 0. The van der Waals surface area contributed by atoms with E-state index < -0.39 is 17.3 Å². The Labute approximate surface area is 119 Å². The summed E-state index contributed by atoms with van der Waals surface area (Å²) in [4.78, 5) is 51.4. The molecular formula is C13H16N4O4. The van der Waals surface area contributed by atoms with Crippen molar-refractivity contribution in [3.05, 3.63) is 27.2 Å². The number of ketones is 2. The van der Waals surface area contributed by atoms with Gasteiger partial charge in [0.2, 0.25) is 0 Å². The summed E-state index contributed by atoms with van der Waals surface area (Å²) in [7, 11) is 1.47. The molecule has 0 spiro atoms. The maximum absolute atomic E-state index is 12.5. The monoisotopic (exact) mass is 292 g/mol. The minimum Gasteiger partial charge on any atom is -0.314 e. The van der Waals surface area contributed by atoms with E-state index in [0.29, 0.717) is 0 Å². The van der Waals surface area contributed by atoms with Crippen LogP contribution >= 0.6 is 0 Å². The lowest BCUT2D eigenvalue weighted by Gasteiger charge is -2.12. The van der Waals surface area contributed by atoms with Gasteiger partial charge in [-0.2, -0.15) is 0 Å². The molecule has 0 unspecified atom stereocenters. The molecule has 0 aliphatic rings. The molecule has 2 rings (SSSR count). The lowest BCUT2D eigenvalue weighted by atomic mass is 10.2. The normalized spacial score (nSPS) is 12.6. The first-order valence-corrected chi connectivity index (χ1v) is 6.42. The van der Waals surface area contributed by atoms with Crippen molar-refractivity contribution in [3.8, 4) is 0 Å². The number of carbonyl (C=O) groups is 2. The van der Waals surface area contributed by atoms with E-state index in [9.17, 15) is 19.2 Å². The first kappa shape index (κ1) is 14.9. The maximum Gasteiger partial charge on any atom is 0.332 e. The molecule has 2 aromatic rings. The van der Waals surface area contributed by atoms with Gasteiger partial charge in [-0.15, -0.1) is 0 Å². The Morgan fingerprint density at radius 1 is 1.29 bits per heavy atom. The van der Waals surface area contributed by atoms with Crippen molar-refractivity contribution in [2.45, 2.75) is 33.4 Å². The minimum atomic E-state index is -0.617. The summed E-state index contributed by atoms with van der Waals surface area (Å²) in [6.45, 7) is 4.04. The summed E-state index contributed by atoms with van der Waals surface area (Å²) in [6, 6.07) is -0.578. The number of Topliss-reactive ketones (excluding diaryl/α,β-unsaturated/α-hetero) is 2. The highest BCUT2D eigenvalue weighted by Crippen LogP contribution is 2.13. The van der Waals surface area contributed by atoms with Gasteiger partial charge in [0.05, 0.1) is 18.9 Å². The van der Waals surface area contributed by atoms with E-state index in [1.54, 1.807) is 6.92 Å². The molecular weight excluding hydrogens is 276 g/mol. The van der Waals surface area contributed by atoms with Gasteiger partial charge in [0.1, 0.15) is 5.78 Å². The van der Waals surface area contributed by atoms with Gasteiger partial charge in [0, 0.05) is 7.05 Å². The van der Waals surface area contributed by atoms with Crippen LogP contribution in [0.25, 0.3) is 11.2 Å². The van der Waals surface area contributed by atoms with E-state index in [-0.39, 0.29) is 29.3 Å². The molecule has 1 atom stereocenters. The van der Waals surface area contributed by atoms with Gasteiger partial charge in [-0.1, -0.05) is 0 Å². The SMILES string of the molecule is CC(=O)Cn1c(=O)c2c(ncn2[C@@H](C)C(C)=O)n(C)c1=O. The summed E-state index contributed by atoms with van der Waals surface area (Å²) in [6.07, 6.45) is 1.36. The highest BCUT2D eigenvalue weighted by molar-refractivity contribution is 5.82. The Morgan fingerprint density at radius 3 is 2.43 bits per heavy atom. The minimum absolute atomic E-state index is 0.138. The van der Waals surface area contributed by atoms with Crippen molar-refractivity contribution in [2.75, 3.05) is 0 Å². The topological polar surface area (TPSA) is 96.0 Å². The number of imidazole rings is 1. The molecule has 8 nitrogen and oxygen atoms in total. The van der Waals surface area contributed by atoms with E-state index in [1.807, 2.05) is 0 Å². The molecule has 0 saturated carbocycles. The summed E-state index contributed by atoms with van der Waals surface area (Å²) >= 11 is 0. The molecule has 0 amide bonds. The number of aryl methyl sites for hydroxylation is 1. The third-order valence-corrected chi connectivity index (χ3v) is 3.44. The van der Waals surface area contributed by atoms with Gasteiger partial charge in [0.25, 0.3) is 5.56 Å². The lowest BCUT2D eigenvalue weighted by molar-refractivity contribution is -0.119. The highest BCUT2D eigenvalue weighted by Gasteiger charge is 2.20. The number of fused-ring (bicyclic) bond motifs is 1. The summed E-state index contributed by atoms with van der Waals surface area (Å²) < 4.78 is 3.48. The van der Waals surface area contributed by atoms with Crippen LogP contribution in [0.1, 0.15) is 26.8 Å². The summed E-state index contributed by atoms with van der Waals surface area (Å²) in [5.74, 6) is -0.445. The van der Waals surface area contributed by atoms with Crippen molar-refractivity contribution in [2.24, 2.45) is 7.05 Å². The van der Waals surface area contributed by atoms with E-state index in [4.69, 9.17) is 0 Å². The number of hydrogen-bond donors (Lipinski definition) is 0. The fourth-order valence-electron chi connectivity index (χ4n) is 2.14. The number of nitrogens with zero attached hydrogens (tertiary/aromatic N) is 4. The second-order valence-electron chi connectivity index (χ2n) is 5.05. The van der Waals surface area contributed by atoms with Crippen LogP contribution in [-0.4, -0.2) is 30.3 Å². The fraction of sp³-hybridized carbons (Fsp3) is 0.462. The summed E-state index contributed by atoms with van der Waals surface area (Å²) in [5.41, 5.74) is -0.892. The molecule has 8 heteroatoms. The second-order valence-corrected chi connectivity index (χ2v) is 5.05. The average Bonchev–Trinajstić information content (AvgIpc) is 2.84. The second kappa shape index (κ2) is 5.12. The van der Waals surface area contributed by atoms with Crippen LogP contribution in [0.4, 0.5) is 0 Å². The first-order chi connectivity index (χ1) is 9.75. The molecule has 0 N–H and O–H groups in total. The van der Waals surface area contributed by atoms with Crippen molar-refractivity contribution in [3.63, 3.8) is 0 Å². The number of hydrogen-bond acceptors (Lipinski definition) is 5.